The Hall–Kier alpha value is -2.81. The smallest absolute Gasteiger partial charge is 0.408 e. The second-order valence-corrected chi connectivity index (χ2v) is 9.18. The quantitative estimate of drug-likeness (QED) is 0.564. The Morgan fingerprint density at radius 1 is 1.09 bits per heavy atom. The maximum absolute atomic E-state index is 13.1. The molecule has 8 nitrogen and oxygen atoms in total. The van der Waals surface area contributed by atoms with Crippen LogP contribution >= 0.6 is 11.6 Å². The van der Waals surface area contributed by atoms with Gasteiger partial charge in [0.15, 0.2) is 0 Å². The number of benzene rings is 2. The Labute approximate surface area is 198 Å². The number of carbonyl (C=O) groups is 2. The number of nitrogens with one attached hydrogen (secondary N) is 2. The third-order valence-corrected chi connectivity index (χ3v) is 5.17. The molecule has 1 unspecified atom stereocenters. The van der Waals surface area contributed by atoms with E-state index < -0.39 is 29.4 Å². The van der Waals surface area contributed by atoms with Crippen molar-refractivity contribution in [2.24, 2.45) is 0 Å². The number of halogens is 1. The van der Waals surface area contributed by atoms with E-state index >= 15 is 0 Å². The molecule has 2 amide bonds. The van der Waals surface area contributed by atoms with Crippen molar-refractivity contribution in [1.29, 1.82) is 0 Å². The average Bonchev–Trinajstić information content (AvgIpc) is 3.22. The summed E-state index contributed by atoms with van der Waals surface area (Å²) in [5.41, 5.74) is 0.762. The lowest BCUT2D eigenvalue weighted by molar-refractivity contribution is -0.165. The Kier molecular flexibility index (Phi) is 7.84. The summed E-state index contributed by atoms with van der Waals surface area (Å²) in [6.45, 7) is 6.03. The van der Waals surface area contributed by atoms with Gasteiger partial charge in [0.25, 0.3) is 0 Å². The second kappa shape index (κ2) is 10.4. The number of hydrogen-bond donors (Lipinski definition) is 3. The van der Waals surface area contributed by atoms with Gasteiger partial charge in [0.2, 0.25) is 11.7 Å². The summed E-state index contributed by atoms with van der Waals surface area (Å²) >= 11 is 5.99. The molecule has 3 N–H and O–H groups in total. The van der Waals surface area contributed by atoms with Crippen LogP contribution in [0, 0.1) is 0 Å². The zero-order valence-corrected chi connectivity index (χ0v) is 19.6. The Morgan fingerprint density at radius 2 is 1.70 bits per heavy atom. The number of alkyl carbamates (subject to hydrolysis) is 1. The molecule has 33 heavy (non-hydrogen) atoms. The van der Waals surface area contributed by atoms with Gasteiger partial charge in [0.1, 0.15) is 17.4 Å². The minimum absolute atomic E-state index is 0.0372. The Balaban J connectivity index is 1.74. The fourth-order valence-electron chi connectivity index (χ4n) is 3.38. The molecule has 1 aliphatic heterocycles. The lowest BCUT2D eigenvalue weighted by atomic mass is 10.0. The van der Waals surface area contributed by atoms with Crippen molar-refractivity contribution < 1.29 is 28.9 Å². The molecule has 2 aromatic carbocycles. The van der Waals surface area contributed by atoms with Gasteiger partial charge in [-0.2, -0.15) is 0 Å². The lowest BCUT2D eigenvalue weighted by Crippen LogP contribution is -2.52. The fourth-order valence-corrected chi connectivity index (χ4v) is 3.51. The van der Waals surface area contributed by atoms with Crippen molar-refractivity contribution >= 4 is 23.6 Å². The average molecular weight is 477 g/mol. The molecule has 0 bridgehead atoms. The van der Waals surface area contributed by atoms with Gasteiger partial charge in [-0.3, -0.25) is 4.79 Å². The Morgan fingerprint density at radius 3 is 2.27 bits per heavy atom. The summed E-state index contributed by atoms with van der Waals surface area (Å²) in [4.78, 5) is 25.5. The zero-order valence-electron chi connectivity index (χ0n) is 18.9. The normalized spacial score (nSPS) is 16.1. The fraction of sp³-hybridized carbons (Fsp3) is 0.417. The standard InChI is InChI=1S/C24H29ClN2O6/c1-23(2,3)33-22(30)27-20(14-16-4-10-19(28)11-5-16)21(29)26-15-24(31-12-13-32-24)17-6-8-18(25)9-7-17/h4-11,20,28H,12-15H2,1-3H3,(H,26,29)(H,27,30). The number of hydrogen-bond acceptors (Lipinski definition) is 6. The predicted molar refractivity (Wildman–Crippen MR) is 123 cm³/mol. The van der Waals surface area contributed by atoms with E-state index in [2.05, 4.69) is 10.6 Å². The van der Waals surface area contributed by atoms with E-state index in [1.54, 1.807) is 57.2 Å². The maximum Gasteiger partial charge on any atom is 0.408 e. The minimum Gasteiger partial charge on any atom is -0.508 e. The largest absolute Gasteiger partial charge is 0.508 e. The highest BCUT2D eigenvalue weighted by atomic mass is 35.5. The molecule has 2 aromatic rings. The first kappa shape index (κ1) is 24.8. The van der Waals surface area contributed by atoms with Gasteiger partial charge < -0.3 is 30.0 Å². The maximum atomic E-state index is 13.1. The first-order valence-corrected chi connectivity index (χ1v) is 11.0. The summed E-state index contributed by atoms with van der Waals surface area (Å²) in [6.07, 6.45) is -0.511. The van der Waals surface area contributed by atoms with E-state index in [-0.39, 0.29) is 18.7 Å². The SMILES string of the molecule is CC(C)(C)OC(=O)NC(Cc1ccc(O)cc1)C(=O)NCC1(c2ccc(Cl)cc2)OCCO1. The molecule has 3 rings (SSSR count). The van der Waals surface area contributed by atoms with Crippen LogP contribution in [0.2, 0.25) is 5.02 Å². The van der Waals surface area contributed by atoms with E-state index in [4.69, 9.17) is 25.8 Å². The molecule has 0 saturated carbocycles. The molecule has 9 heteroatoms. The topological polar surface area (TPSA) is 106 Å². The summed E-state index contributed by atoms with van der Waals surface area (Å²) in [5.74, 6) is -1.46. The van der Waals surface area contributed by atoms with Crippen molar-refractivity contribution in [3.63, 3.8) is 0 Å². The van der Waals surface area contributed by atoms with E-state index in [0.29, 0.717) is 18.2 Å². The van der Waals surface area contributed by atoms with Crippen molar-refractivity contribution in [3.8, 4) is 5.75 Å². The number of phenols is 1. The Bertz CT molecular complexity index is 950. The predicted octanol–water partition coefficient (Wildman–Crippen LogP) is 3.50. The van der Waals surface area contributed by atoms with Gasteiger partial charge in [0, 0.05) is 17.0 Å². The van der Waals surface area contributed by atoms with Crippen LogP contribution in [0.25, 0.3) is 0 Å². The number of phenolic OH excluding ortho intramolecular Hbond substituents is 1. The number of ether oxygens (including phenoxy) is 3. The van der Waals surface area contributed by atoms with Crippen LogP contribution in [0.4, 0.5) is 4.79 Å². The highest BCUT2D eigenvalue weighted by Crippen LogP contribution is 2.31. The van der Waals surface area contributed by atoms with Crippen LogP contribution in [0.1, 0.15) is 31.9 Å². The number of amides is 2. The lowest BCUT2D eigenvalue weighted by Gasteiger charge is -2.29. The highest BCUT2D eigenvalue weighted by molar-refractivity contribution is 6.30. The summed E-state index contributed by atoms with van der Waals surface area (Å²) in [5, 5.41) is 15.6. The molecule has 1 saturated heterocycles. The molecule has 1 fully saturated rings. The van der Waals surface area contributed by atoms with Gasteiger partial charge in [-0.25, -0.2) is 4.79 Å². The van der Waals surface area contributed by atoms with Gasteiger partial charge in [-0.05, 0) is 50.6 Å². The second-order valence-electron chi connectivity index (χ2n) is 8.74. The van der Waals surface area contributed by atoms with Crippen LogP contribution in [0.5, 0.6) is 5.75 Å². The van der Waals surface area contributed by atoms with Crippen molar-refractivity contribution in [2.75, 3.05) is 19.8 Å². The van der Waals surface area contributed by atoms with Gasteiger partial charge in [-0.1, -0.05) is 35.9 Å². The molecule has 0 aliphatic carbocycles. The van der Waals surface area contributed by atoms with Gasteiger partial charge >= 0.3 is 6.09 Å². The summed E-state index contributed by atoms with van der Waals surface area (Å²) in [6, 6.07) is 12.5. The van der Waals surface area contributed by atoms with Crippen LogP contribution in [-0.2, 0) is 31.2 Å². The third-order valence-electron chi connectivity index (χ3n) is 4.92. The minimum atomic E-state index is -1.14. The molecule has 1 heterocycles. The number of aromatic hydroxyl groups is 1. The molecular formula is C24H29ClN2O6. The number of carbonyl (C=O) groups excluding carboxylic acids is 2. The van der Waals surface area contributed by atoms with E-state index in [9.17, 15) is 14.7 Å². The monoisotopic (exact) mass is 476 g/mol. The number of rotatable bonds is 7. The van der Waals surface area contributed by atoms with E-state index in [1.165, 1.54) is 12.1 Å². The van der Waals surface area contributed by atoms with E-state index in [1.807, 2.05) is 0 Å². The summed E-state index contributed by atoms with van der Waals surface area (Å²) < 4.78 is 17.0. The first-order valence-electron chi connectivity index (χ1n) is 10.7. The van der Waals surface area contributed by atoms with E-state index in [0.717, 1.165) is 11.1 Å². The van der Waals surface area contributed by atoms with Crippen LogP contribution in [0.15, 0.2) is 48.5 Å². The van der Waals surface area contributed by atoms with Crippen LogP contribution in [0.3, 0.4) is 0 Å². The zero-order chi connectivity index (χ0) is 24.1. The first-order chi connectivity index (χ1) is 15.6. The van der Waals surface area contributed by atoms with Crippen molar-refractivity contribution in [1.82, 2.24) is 10.6 Å². The molecular weight excluding hydrogens is 448 g/mol. The molecule has 1 atom stereocenters. The van der Waals surface area contributed by atoms with Gasteiger partial charge in [0.05, 0.1) is 19.8 Å². The summed E-state index contributed by atoms with van der Waals surface area (Å²) in [7, 11) is 0. The van der Waals surface area contributed by atoms with Crippen molar-refractivity contribution in [3.05, 3.63) is 64.7 Å². The molecule has 1 aliphatic rings. The highest BCUT2D eigenvalue weighted by Gasteiger charge is 2.39. The van der Waals surface area contributed by atoms with Crippen molar-refractivity contribution in [2.45, 2.75) is 44.6 Å². The van der Waals surface area contributed by atoms with Crippen LogP contribution in [-0.4, -0.2) is 48.5 Å². The van der Waals surface area contributed by atoms with Gasteiger partial charge in [-0.15, -0.1) is 0 Å². The molecule has 0 spiro atoms. The van der Waals surface area contributed by atoms with Crippen LogP contribution < -0.4 is 10.6 Å². The molecule has 178 valence electrons. The third kappa shape index (κ3) is 7.08. The molecule has 0 aromatic heterocycles. The molecule has 0 radical (unpaired) electrons.